The van der Waals surface area contributed by atoms with Gasteiger partial charge in [-0.25, -0.2) is 0 Å². The second-order valence-electron chi connectivity index (χ2n) is 6.76. The van der Waals surface area contributed by atoms with E-state index in [1.165, 1.54) is 23.9 Å². The van der Waals surface area contributed by atoms with Crippen molar-refractivity contribution in [1.29, 1.82) is 0 Å². The lowest BCUT2D eigenvalue weighted by atomic mass is 10.1. The van der Waals surface area contributed by atoms with E-state index in [0.29, 0.717) is 32.9 Å². The Morgan fingerprint density at radius 1 is 1.17 bits per heavy atom. The second-order valence-corrected chi connectivity index (χ2v) is 8.44. The third-order valence-electron chi connectivity index (χ3n) is 4.58. The topological polar surface area (TPSA) is 76.6 Å². The summed E-state index contributed by atoms with van der Waals surface area (Å²) in [7, 11) is 0. The predicted molar refractivity (Wildman–Crippen MR) is 121 cm³/mol. The lowest BCUT2D eigenvalue weighted by Crippen LogP contribution is -2.27. The normalized spacial score (nSPS) is 15.2. The minimum atomic E-state index is -0.452. The van der Waals surface area contributed by atoms with Gasteiger partial charge in [0.25, 0.3) is 11.6 Å². The zero-order valence-electron chi connectivity index (χ0n) is 15.9. The number of aryl methyl sites for hydroxylation is 1. The first-order chi connectivity index (χ1) is 14.4. The van der Waals surface area contributed by atoms with Crippen LogP contribution >= 0.6 is 24.0 Å². The molecule has 0 unspecified atom stereocenters. The minimum Gasteiger partial charge on any atom is -0.457 e. The van der Waals surface area contributed by atoms with Crippen LogP contribution in [0.2, 0.25) is 0 Å². The summed E-state index contributed by atoms with van der Waals surface area (Å²) in [5.41, 5.74) is 2.74. The van der Waals surface area contributed by atoms with Crippen molar-refractivity contribution in [3.05, 3.63) is 92.6 Å². The number of nitrogens with zero attached hydrogens (tertiary/aromatic N) is 2. The fourth-order valence-corrected chi connectivity index (χ4v) is 4.24. The largest absolute Gasteiger partial charge is 0.457 e. The smallest absolute Gasteiger partial charge is 0.270 e. The van der Waals surface area contributed by atoms with Crippen LogP contribution in [0.1, 0.15) is 16.9 Å². The van der Waals surface area contributed by atoms with E-state index in [0.717, 1.165) is 11.1 Å². The van der Waals surface area contributed by atoms with Gasteiger partial charge in [0.15, 0.2) is 0 Å². The number of carbonyl (C=O) groups excluding carboxylic acids is 1. The molecule has 1 aliphatic heterocycles. The number of hydrogen-bond donors (Lipinski definition) is 0. The predicted octanol–water partition coefficient (Wildman–Crippen LogP) is 5.56. The first kappa shape index (κ1) is 20.1. The Morgan fingerprint density at radius 3 is 2.67 bits per heavy atom. The molecule has 1 saturated heterocycles. The van der Waals surface area contributed by atoms with Crippen LogP contribution in [0, 0.1) is 17.0 Å². The van der Waals surface area contributed by atoms with Gasteiger partial charge in [0.05, 0.1) is 16.4 Å². The molecule has 150 valence electrons. The molecule has 1 fully saturated rings. The van der Waals surface area contributed by atoms with E-state index in [9.17, 15) is 14.9 Å². The average molecular weight is 437 g/mol. The molecule has 3 aromatic rings. The van der Waals surface area contributed by atoms with Crippen molar-refractivity contribution in [3.8, 4) is 11.3 Å². The third kappa shape index (κ3) is 4.19. The number of non-ortho nitro benzene ring substituents is 1. The fraction of sp³-hybridized carbons (Fsp3) is 0.0909. The van der Waals surface area contributed by atoms with E-state index in [-0.39, 0.29) is 11.6 Å². The highest BCUT2D eigenvalue weighted by Gasteiger charge is 2.32. The van der Waals surface area contributed by atoms with Gasteiger partial charge in [0, 0.05) is 23.8 Å². The number of hydrogen-bond acceptors (Lipinski definition) is 6. The summed E-state index contributed by atoms with van der Waals surface area (Å²) < 4.78 is 6.29. The Morgan fingerprint density at radius 2 is 1.93 bits per heavy atom. The van der Waals surface area contributed by atoms with Gasteiger partial charge < -0.3 is 4.42 Å². The summed E-state index contributed by atoms with van der Waals surface area (Å²) in [6.45, 7) is 2.43. The van der Waals surface area contributed by atoms with Crippen molar-refractivity contribution in [3.63, 3.8) is 0 Å². The van der Waals surface area contributed by atoms with E-state index in [1.807, 2.05) is 31.2 Å². The molecule has 0 bridgehead atoms. The SMILES string of the molecule is Cc1ccc(CN2C(=O)/C(=C/c3ccc(-c4cccc([N+](=O)[O-])c4)o3)SC2=S)cc1. The number of thioether (sulfide) groups is 1. The molecular weight excluding hydrogens is 420 g/mol. The van der Waals surface area contributed by atoms with Crippen LogP contribution in [-0.2, 0) is 11.3 Å². The van der Waals surface area contributed by atoms with Crippen molar-refractivity contribution in [2.24, 2.45) is 0 Å². The lowest BCUT2D eigenvalue weighted by Gasteiger charge is -2.14. The van der Waals surface area contributed by atoms with Crippen LogP contribution in [0.5, 0.6) is 0 Å². The summed E-state index contributed by atoms with van der Waals surface area (Å²) in [6, 6.07) is 17.6. The van der Waals surface area contributed by atoms with Crippen LogP contribution in [-0.4, -0.2) is 20.1 Å². The summed E-state index contributed by atoms with van der Waals surface area (Å²) in [5.74, 6) is 0.797. The molecule has 1 amide bonds. The summed E-state index contributed by atoms with van der Waals surface area (Å²) in [4.78, 5) is 25.4. The van der Waals surface area contributed by atoms with Gasteiger partial charge in [-0.3, -0.25) is 19.8 Å². The molecule has 4 rings (SSSR count). The fourth-order valence-electron chi connectivity index (χ4n) is 3.00. The quantitative estimate of drug-likeness (QED) is 0.225. The van der Waals surface area contributed by atoms with Crippen molar-refractivity contribution >= 4 is 46.0 Å². The Balaban J connectivity index is 1.53. The first-order valence-electron chi connectivity index (χ1n) is 9.06. The van der Waals surface area contributed by atoms with Crippen molar-refractivity contribution in [2.75, 3.05) is 0 Å². The van der Waals surface area contributed by atoms with Crippen molar-refractivity contribution < 1.29 is 14.1 Å². The van der Waals surface area contributed by atoms with Crippen LogP contribution in [0.4, 0.5) is 5.69 Å². The zero-order valence-corrected chi connectivity index (χ0v) is 17.5. The Kier molecular flexibility index (Phi) is 5.52. The van der Waals surface area contributed by atoms with Gasteiger partial charge in [0.2, 0.25) is 0 Å². The molecule has 0 atom stereocenters. The average Bonchev–Trinajstić information content (AvgIpc) is 3.30. The number of carbonyl (C=O) groups is 1. The van der Waals surface area contributed by atoms with Crippen LogP contribution in [0.3, 0.4) is 0 Å². The molecule has 2 heterocycles. The second kappa shape index (κ2) is 8.25. The molecule has 2 aromatic carbocycles. The van der Waals surface area contributed by atoms with E-state index in [1.54, 1.807) is 35.2 Å². The number of rotatable bonds is 5. The molecule has 0 saturated carbocycles. The van der Waals surface area contributed by atoms with Gasteiger partial charge in [-0.05, 0) is 24.6 Å². The van der Waals surface area contributed by atoms with Crippen molar-refractivity contribution in [2.45, 2.75) is 13.5 Å². The van der Waals surface area contributed by atoms with Gasteiger partial charge in [-0.1, -0.05) is 65.9 Å². The summed E-state index contributed by atoms with van der Waals surface area (Å²) in [6.07, 6.45) is 1.65. The lowest BCUT2D eigenvalue weighted by molar-refractivity contribution is -0.384. The minimum absolute atomic E-state index is 0.0116. The first-order valence-corrected chi connectivity index (χ1v) is 10.3. The Hall–Kier alpha value is -3.23. The van der Waals surface area contributed by atoms with E-state index < -0.39 is 4.92 Å². The van der Waals surface area contributed by atoms with Crippen LogP contribution in [0.25, 0.3) is 17.4 Å². The maximum absolute atomic E-state index is 12.8. The third-order valence-corrected chi connectivity index (χ3v) is 5.95. The molecule has 0 radical (unpaired) electrons. The van der Waals surface area contributed by atoms with Gasteiger partial charge in [-0.2, -0.15) is 0 Å². The van der Waals surface area contributed by atoms with E-state index in [2.05, 4.69) is 0 Å². The summed E-state index contributed by atoms with van der Waals surface area (Å²) in [5, 5.41) is 11.0. The molecule has 1 aliphatic rings. The highest BCUT2D eigenvalue weighted by molar-refractivity contribution is 8.26. The van der Waals surface area contributed by atoms with Crippen molar-refractivity contribution in [1.82, 2.24) is 4.90 Å². The molecule has 30 heavy (non-hydrogen) atoms. The number of nitro benzene ring substituents is 1. The summed E-state index contributed by atoms with van der Waals surface area (Å²) >= 11 is 6.62. The molecule has 8 heteroatoms. The number of furan rings is 1. The zero-order chi connectivity index (χ0) is 21.3. The maximum atomic E-state index is 12.8. The van der Waals surface area contributed by atoms with E-state index >= 15 is 0 Å². The number of nitro groups is 1. The number of benzene rings is 2. The number of thiocarbonyl (C=S) groups is 1. The molecule has 0 N–H and O–H groups in total. The highest BCUT2D eigenvalue weighted by atomic mass is 32.2. The standard InChI is InChI=1S/C22H16N2O4S2/c1-14-5-7-15(8-6-14)13-23-21(25)20(30-22(23)29)12-18-9-10-19(28-18)16-3-2-4-17(11-16)24(26)27/h2-12H,13H2,1H3/b20-12-. The van der Waals surface area contributed by atoms with Gasteiger partial charge in [0.1, 0.15) is 15.8 Å². The number of amides is 1. The molecule has 0 aliphatic carbocycles. The van der Waals surface area contributed by atoms with Crippen LogP contribution in [0.15, 0.2) is 70.0 Å². The highest BCUT2D eigenvalue weighted by Crippen LogP contribution is 2.35. The monoisotopic (exact) mass is 436 g/mol. The Labute approximate surface area is 182 Å². The van der Waals surface area contributed by atoms with E-state index in [4.69, 9.17) is 16.6 Å². The maximum Gasteiger partial charge on any atom is 0.270 e. The Bertz CT molecular complexity index is 1180. The molecular formula is C22H16N2O4S2. The molecule has 1 aromatic heterocycles. The van der Waals surface area contributed by atoms with Crippen LogP contribution < -0.4 is 0 Å². The molecule has 0 spiro atoms. The molecule has 6 nitrogen and oxygen atoms in total. The van der Waals surface area contributed by atoms with Gasteiger partial charge in [-0.15, -0.1) is 0 Å². The van der Waals surface area contributed by atoms with Gasteiger partial charge >= 0.3 is 0 Å².